The highest BCUT2D eigenvalue weighted by Gasteiger charge is 2.05. The first-order valence-corrected chi connectivity index (χ1v) is 4.05. The number of nitrogens with one attached hydrogen (secondary N) is 1. The molecule has 3 N–H and O–H groups in total. The van der Waals surface area contributed by atoms with Crippen LogP contribution in [0.15, 0.2) is 18.2 Å². The smallest absolute Gasteiger partial charge is 0.146 e. The van der Waals surface area contributed by atoms with Crippen molar-refractivity contribution in [3.63, 3.8) is 0 Å². The van der Waals surface area contributed by atoms with Gasteiger partial charge in [-0.25, -0.2) is 8.78 Å². The molecule has 0 fully saturated rings. The number of hydrogen-bond donors (Lipinski definition) is 2. The van der Waals surface area contributed by atoms with Gasteiger partial charge < -0.3 is 11.1 Å². The van der Waals surface area contributed by atoms with Crippen LogP contribution < -0.4 is 11.1 Å². The standard InChI is InChI=1S/C9H12F2N2/c1-6(5-12)13-9-4-7(10)2-3-8(9)11/h2-4,6,13H,5,12H2,1H3. The molecule has 72 valence electrons. The largest absolute Gasteiger partial charge is 0.379 e. The molecule has 1 atom stereocenters. The topological polar surface area (TPSA) is 38.0 Å². The van der Waals surface area contributed by atoms with Crippen molar-refractivity contribution in [2.24, 2.45) is 5.73 Å². The fourth-order valence-electron chi connectivity index (χ4n) is 0.932. The Bertz CT molecular complexity index is 289. The van der Waals surface area contributed by atoms with Crippen LogP contribution in [-0.2, 0) is 0 Å². The van der Waals surface area contributed by atoms with E-state index in [4.69, 9.17) is 5.73 Å². The molecule has 0 radical (unpaired) electrons. The number of benzene rings is 1. The van der Waals surface area contributed by atoms with Gasteiger partial charge in [-0.3, -0.25) is 0 Å². The van der Waals surface area contributed by atoms with E-state index in [9.17, 15) is 8.78 Å². The molecule has 0 spiro atoms. The summed E-state index contributed by atoms with van der Waals surface area (Å²) in [5.41, 5.74) is 5.48. The van der Waals surface area contributed by atoms with E-state index < -0.39 is 11.6 Å². The molecule has 0 aliphatic carbocycles. The number of rotatable bonds is 3. The number of hydrogen-bond acceptors (Lipinski definition) is 2. The van der Waals surface area contributed by atoms with Gasteiger partial charge in [-0.1, -0.05) is 0 Å². The maximum Gasteiger partial charge on any atom is 0.146 e. The minimum atomic E-state index is -0.471. The van der Waals surface area contributed by atoms with Crippen LogP contribution >= 0.6 is 0 Å². The van der Waals surface area contributed by atoms with Gasteiger partial charge >= 0.3 is 0 Å². The van der Waals surface area contributed by atoms with Crippen molar-refractivity contribution in [2.45, 2.75) is 13.0 Å². The van der Waals surface area contributed by atoms with Gasteiger partial charge in [0.15, 0.2) is 0 Å². The van der Waals surface area contributed by atoms with Crippen LogP contribution in [-0.4, -0.2) is 12.6 Å². The molecular weight excluding hydrogens is 174 g/mol. The Morgan fingerprint density at radius 2 is 2.15 bits per heavy atom. The summed E-state index contributed by atoms with van der Waals surface area (Å²) in [6, 6.07) is 3.20. The third-order valence-electron chi connectivity index (χ3n) is 1.68. The Morgan fingerprint density at radius 3 is 2.77 bits per heavy atom. The molecule has 1 unspecified atom stereocenters. The maximum atomic E-state index is 13.0. The molecule has 13 heavy (non-hydrogen) atoms. The molecule has 0 saturated heterocycles. The van der Waals surface area contributed by atoms with Crippen LogP contribution in [0.2, 0.25) is 0 Å². The SMILES string of the molecule is CC(CN)Nc1cc(F)ccc1F. The van der Waals surface area contributed by atoms with Gasteiger partial charge in [-0.05, 0) is 25.1 Å². The van der Waals surface area contributed by atoms with Crippen molar-refractivity contribution in [2.75, 3.05) is 11.9 Å². The Hall–Kier alpha value is -1.16. The summed E-state index contributed by atoms with van der Waals surface area (Å²) in [5.74, 6) is -0.935. The van der Waals surface area contributed by atoms with E-state index in [1.165, 1.54) is 0 Å². The molecule has 0 aromatic heterocycles. The van der Waals surface area contributed by atoms with Gasteiger partial charge in [0.05, 0.1) is 5.69 Å². The molecule has 0 aliphatic heterocycles. The molecule has 1 aromatic rings. The molecule has 2 nitrogen and oxygen atoms in total. The van der Waals surface area contributed by atoms with Crippen molar-refractivity contribution in [3.05, 3.63) is 29.8 Å². The highest BCUT2D eigenvalue weighted by molar-refractivity contribution is 5.45. The lowest BCUT2D eigenvalue weighted by atomic mass is 10.2. The summed E-state index contributed by atoms with van der Waals surface area (Å²) in [6.07, 6.45) is 0. The Kier molecular flexibility index (Phi) is 3.19. The first kappa shape index (κ1) is 9.92. The highest BCUT2D eigenvalue weighted by atomic mass is 19.1. The lowest BCUT2D eigenvalue weighted by molar-refractivity contribution is 0.600. The maximum absolute atomic E-state index is 13.0. The van der Waals surface area contributed by atoms with Gasteiger partial charge in [-0.15, -0.1) is 0 Å². The first-order chi connectivity index (χ1) is 6.13. The molecule has 4 heteroatoms. The van der Waals surface area contributed by atoms with E-state index in [0.29, 0.717) is 6.54 Å². The second kappa shape index (κ2) is 4.18. The minimum absolute atomic E-state index is 0.0729. The highest BCUT2D eigenvalue weighted by Crippen LogP contribution is 2.15. The fourth-order valence-corrected chi connectivity index (χ4v) is 0.932. The van der Waals surface area contributed by atoms with Crippen molar-refractivity contribution >= 4 is 5.69 Å². The zero-order chi connectivity index (χ0) is 9.84. The van der Waals surface area contributed by atoms with Gasteiger partial charge in [0.25, 0.3) is 0 Å². The number of halogens is 2. The van der Waals surface area contributed by atoms with Crippen LogP contribution in [0.1, 0.15) is 6.92 Å². The van der Waals surface area contributed by atoms with Crippen molar-refractivity contribution in [1.29, 1.82) is 0 Å². The monoisotopic (exact) mass is 186 g/mol. The van der Waals surface area contributed by atoms with Gasteiger partial charge in [0.1, 0.15) is 11.6 Å². The Morgan fingerprint density at radius 1 is 1.46 bits per heavy atom. The molecule has 1 rings (SSSR count). The Balaban J connectivity index is 2.81. The molecular formula is C9H12F2N2. The molecule has 0 heterocycles. The van der Waals surface area contributed by atoms with Crippen molar-refractivity contribution in [1.82, 2.24) is 0 Å². The molecule has 0 saturated carbocycles. The summed E-state index contributed by atoms with van der Waals surface area (Å²) >= 11 is 0. The second-order valence-electron chi connectivity index (χ2n) is 2.91. The van der Waals surface area contributed by atoms with Crippen LogP contribution in [0.3, 0.4) is 0 Å². The van der Waals surface area contributed by atoms with Crippen molar-refractivity contribution in [3.8, 4) is 0 Å². The molecule has 1 aromatic carbocycles. The second-order valence-corrected chi connectivity index (χ2v) is 2.91. The predicted octanol–water partition coefficient (Wildman–Crippen LogP) is 1.72. The third-order valence-corrected chi connectivity index (χ3v) is 1.68. The normalized spacial score (nSPS) is 12.6. The summed E-state index contributed by atoms with van der Waals surface area (Å²) < 4.78 is 25.7. The lowest BCUT2D eigenvalue weighted by Crippen LogP contribution is -2.25. The van der Waals surface area contributed by atoms with Crippen LogP contribution in [0.4, 0.5) is 14.5 Å². The van der Waals surface area contributed by atoms with Crippen LogP contribution in [0, 0.1) is 11.6 Å². The average molecular weight is 186 g/mol. The third kappa shape index (κ3) is 2.66. The van der Waals surface area contributed by atoms with E-state index in [-0.39, 0.29) is 11.7 Å². The molecule has 0 amide bonds. The molecule has 0 bridgehead atoms. The summed E-state index contributed by atoms with van der Waals surface area (Å²) in [5, 5.41) is 2.76. The van der Waals surface area contributed by atoms with E-state index in [1.807, 2.05) is 0 Å². The quantitative estimate of drug-likeness (QED) is 0.754. The fraction of sp³-hybridized carbons (Fsp3) is 0.333. The number of nitrogens with two attached hydrogens (primary N) is 1. The zero-order valence-electron chi connectivity index (χ0n) is 7.35. The molecule has 0 aliphatic rings. The van der Waals surface area contributed by atoms with E-state index in [0.717, 1.165) is 18.2 Å². The minimum Gasteiger partial charge on any atom is -0.379 e. The summed E-state index contributed by atoms with van der Waals surface area (Å²) in [4.78, 5) is 0. The van der Waals surface area contributed by atoms with Crippen LogP contribution in [0.25, 0.3) is 0 Å². The van der Waals surface area contributed by atoms with Crippen molar-refractivity contribution < 1.29 is 8.78 Å². The zero-order valence-corrected chi connectivity index (χ0v) is 7.35. The average Bonchev–Trinajstić information content (AvgIpc) is 2.11. The van der Waals surface area contributed by atoms with Crippen LogP contribution in [0.5, 0.6) is 0 Å². The lowest BCUT2D eigenvalue weighted by Gasteiger charge is -2.13. The first-order valence-electron chi connectivity index (χ1n) is 4.05. The van der Waals surface area contributed by atoms with Gasteiger partial charge in [0.2, 0.25) is 0 Å². The summed E-state index contributed by atoms with van der Waals surface area (Å²) in [7, 11) is 0. The van der Waals surface area contributed by atoms with E-state index in [2.05, 4.69) is 5.32 Å². The van der Waals surface area contributed by atoms with Gasteiger partial charge in [-0.2, -0.15) is 0 Å². The van der Waals surface area contributed by atoms with E-state index >= 15 is 0 Å². The van der Waals surface area contributed by atoms with Gasteiger partial charge in [0, 0.05) is 12.6 Å². The number of anilines is 1. The predicted molar refractivity (Wildman–Crippen MR) is 48.5 cm³/mol. The van der Waals surface area contributed by atoms with E-state index in [1.54, 1.807) is 6.92 Å². The summed E-state index contributed by atoms with van der Waals surface area (Å²) in [6.45, 7) is 2.17. The Labute approximate surface area is 75.7 Å².